The largest absolute Gasteiger partial charge is 0.350 e. The van der Waals surface area contributed by atoms with E-state index >= 15 is 0 Å². The summed E-state index contributed by atoms with van der Waals surface area (Å²) in [5.74, 6) is -0.864. The summed E-state index contributed by atoms with van der Waals surface area (Å²) in [5.41, 5.74) is 2.25. The van der Waals surface area contributed by atoms with Gasteiger partial charge < -0.3 is 15.5 Å². The molecule has 0 unspecified atom stereocenters. The number of rotatable bonds is 7. The second-order valence-corrected chi connectivity index (χ2v) is 9.94. The first-order valence-electron chi connectivity index (χ1n) is 13.1. The molecule has 0 atom stereocenters. The highest BCUT2D eigenvalue weighted by molar-refractivity contribution is 6.12. The van der Waals surface area contributed by atoms with Crippen molar-refractivity contribution in [3.8, 4) is 0 Å². The van der Waals surface area contributed by atoms with E-state index in [1.807, 2.05) is 61.5 Å². The fraction of sp³-hybridized carbons (Fsp3) is 0.290. The predicted molar refractivity (Wildman–Crippen MR) is 151 cm³/mol. The second kappa shape index (κ2) is 11.9. The lowest BCUT2D eigenvalue weighted by atomic mass is 9.83. The molecule has 1 aliphatic rings. The number of benzene rings is 3. The second-order valence-electron chi connectivity index (χ2n) is 9.94. The van der Waals surface area contributed by atoms with Gasteiger partial charge in [0.05, 0.1) is 0 Å². The monoisotopic (exact) mass is 526 g/mol. The summed E-state index contributed by atoms with van der Waals surface area (Å²) in [7, 11) is 0. The molecule has 8 nitrogen and oxygen atoms in total. The van der Waals surface area contributed by atoms with Crippen molar-refractivity contribution in [3.05, 3.63) is 95.6 Å². The minimum atomic E-state index is -1.22. The fourth-order valence-corrected chi connectivity index (χ4v) is 5.04. The summed E-state index contributed by atoms with van der Waals surface area (Å²) in [4.78, 5) is 55.3. The Morgan fingerprint density at radius 3 is 2.13 bits per heavy atom. The molecular formula is C31H34N4O4. The molecule has 1 saturated heterocycles. The molecular weight excluding hydrogens is 492 g/mol. The molecule has 0 saturated carbocycles. The summed E-state index contributed by atoms with van der Waals surface area (Å²) in [5, 5.41) is 5.78. The van der Waals surface area contributed by atoms with Gasteiger partial charge in [0, 0.05) is 50.4 Å². The van der Waals surface area contributed by atoms with Crippen LogP contribution < -0.4 is 15.5 Å². The Labute approximate surface area is 229 Å². The van der Waals surface area contributed by atoms with E-state index in [-0.39, 0.29) is 36.5 Å². The van der Waals surface area contributed by atoms with Crippen LogP contribution in [0, 0.1) is 6.92 Å². The van der Waals surface area contributed by atoms with Crippen LogP contribution in [0.15, 0.2) is 78.9 Å². The fourth-order valence-electron chi connectivity index (χ4n) is 5.04. The number of hydrogen-bond acceptors (Lipinski definition) is 4. The van der Waals surface area contributed by atoms with Crippen LogP contribution in [0.4, 0.5) is 11.4 Å². The van der Waals surface area contributed by atoms with E-state index in [9.17, 15) is 19.2 Å². The van der Waals surface area contributed by atoms with Crippen LogP contribution in [0.3, 0.4) is 0 Å². The van der Waals surface area contributed by atoms with Gasteiger partial charge in [0.1, 0.15) is 5.54 Å². The standard InChI is InChI=1S/C31H34N4O4/c1-22-8-7-11-28(20-22)35(29(38)26-12-14-27(15-13-26)33-23(2)36)31(16-18-34(19-17-31)24(3)37)30(39)32-21-25-9-5-4-6-10-25/h4-15,20H,16-19,21H2,1-3H3,(H,32,39)(H,33,36). The van der Waals surface area contributed by atoms with E-state index in [0.717, 1.165) is 11.1 Å². The maximum Gasteiger partial charge on any atom is 0.259 e. The highest BCUT2D eigenvalue weighted by Crippen LogP contribution is 2.36. The number of hydrogen-bond donors (Lipinski definition) is 2. The number of nitrogens with zero attached hydrogens (tertiary/aromatic N) is 2. The SMILES string of the molecule is CC(=O)Nc1ccc(C(=O)N(c2cccc(C)c2)C2(C(=O)NCc3ccccc3)CCN(C(C)=O)CC2)cc1. The summed E-state index contributed by atoms with van der Waals surface area (Å²) < 4.78 is 0. The average Bonchev–Trinajstić information content (AvgIpc) is 2.92. The normalized spacial score (nSPS) is 14.3. The third-order valence-electron chi connectivity index (χ3n) is 7.10. The molecule has 8 heteroatoms. The minimum Gasteiger partial charge on any atom is -0.350 e. The average molecular weight is 527 g/mol. The first kappa shape index (κ1) is 27.6. The van der Waals surface area contributed by atoms with Gasteiger partial charge in [0.25, 0.3) is 5.91 Å². The van der Waals surface area contributed by atoms with Crippen LogP contribution >= 0.6 is 0 Å². The number of piperidine rings is 1. The Hall–Kier alpha value is -4.46. The quantitative estimate of drug-likeness (QED) is 0.480. The number of carbonyl (C=O) groups is 4. The van der Waals surface area contributed by atoms with Crippen LogP contribution in [0.25, 0.3) is 0 Å². The number of aryl methyl sites for hydroxylation is 1. The van der Waals surface area contributed by atoms with E-state index < -0.39 is 5.54 Å². The van der Waals surface area contributed by atoms with Crippen molar-refractivity contribution in [1.82, 2.24) is 10.2 Å². The molecule has 4 amide bonds. The molecule has 2 N–H and O–H groups in total. The molecule has 4 rings (SSSR count). The van der Waals surface area contributed by atoms with E-state index in [0.29, 0.717) is 36.6 Å². The highest BCUT2D eigenvalue weighted by Gasteiger charge is 2.49. The molecule has 3 aromatic rings. The molecule has 1 aliphatic heterocycles. The zero-order chi connectivity index (χ0) is 28.0. The molecule has 3 aromatic carbocycles. The van der Waals surface area contributed by atoms with Gasteiger partial charge in [-0.1, -0.05) is 42.5 Å². The zero-order valence-electron chi connectivity index (χ0n) is 22.6. The third-order valence-corrected chi connectivity index (χ3v) is 7.10. The number of anilines is 2. The van der Waals surface area contributed by atoms with Gasteiger partial charge in [-0.15, -0.1) is 0 Å². The van der Waals surface area contributed by atoms with Gasteiger partial charge in [0.15, 0.2) is 0 Å². The van der Waals surface area contributed by atoms with Gasteiger partial charge in [-0.2, -0.15) is 0 Å². The molecule has 0 bridgehead atoms. The van der Waals surface area contributed by atoms with E-state index in [2.05, 4.69) is 10.6 Å². The molecule has 0 aliphatic carbocycles. The summed E-state index contributed by atoms with van der Waals surface area (Å²) in [6.45, 7) is 5.90. The van der Waals surface area contributed by atoms with Crippen molar-refractivity contribution >= 4 is 35.0 Å². The predicted octanol–water partition coefficient (Wildman–Crippen LogP) is 4.30. The molecule has 0 aromatic heterocycles. The van der Waals surface area contributed by atoms with Crippen molar-refractivity contribution in [3.63, 3.8) is 0 Å². The van der Waals surface area contributed by atoms with Crippen LogP contribution in [-0.2, 0) is 20.9 Å². The number of nitrogens with one attached hydrogen (secondary N) is 2. The lowest BCUT2D eigenvalue weighted by molar-refractivity contribution is -0.135. The number of likely N-dealkylation sites (tertiary alicyclic amines) is 1. The number of amides is 4. The van der Waals surface area contributed by atoms with E-state index in [1.54, 1.807) is 34.1 Å². The van der Waals surface area contributed by atoms with Crippen LogP contribution in [0.5, 0.6) is 0 Å². The molecule has 0 spiro atoms. The number of carbonyl (C=O) groups excluding carboxylic acids is 4. The minimum absolute atomic E-state index is 0.0599. The Bertz CT molecular complexity index is 1350. The summed E-state index contributed by atoms with van der Waals surface area (Å²) >= 11 is 0. The van der Waals surface area contributed by atoms with Crippen LogP contribution in [-0.4, -0.2) is 47.2 Å². The van der Waals surface area contributed by atoms with Gasteiger partial charge in [-0.25, -0.2) is 0 Å². The van der Waals surface area contributed by atoms with Crippen molar-refractivity contribution in [1.29, 1.82) is 0 Å². The Balaban J connectivity index is 1.76. The lowest BCUT2D eigenvalue weighted by Crippen LogP contribution is -2.65. The van der Waals surface area contributed by atoms with Crippen molar-refractivity contribution < 1.29 is 19.2 Å². The van der Waals surface area contributed by atoms with Gasteiger partial charge in [0.2, 0.25) is 17.7 Å². The maximum atomic E-state index is 14.3. The van der Waals surface area contributed by atoms with Gasteiger partial charge in [-0.05, 0) is 67.3 Å². The summed E-state index contributed by atoms with van der Waals surface area (Å²) in [6.07, 6.45) is 0.577. The van der Waals surface area contributed by atoms with Crippen LogP contribution in [0.1, 0.15) is 48.2 Å². The van der Waals surface area contributed by atoms with Crippen LogP contribution in [0.2, 0.25) is 0 Å². The molecule has 1 heterocycles. The highest BCUT2D eigenvalue weighted by atomic mass is 16.2. The Morgan fingerprint density at radius 2 is 1.54 bits per heavy atom. The Morgan fingerprint density at radius 1 is 0.872 bits per heavy atom. The molecule has 202 valence electrons. The van der Waals surface area contributed by atoms with Crippen molar-refractivity contribution in [2.24, 2.45) is 0 Å². The van der Waals surface area contributed by atoms with Gasteiger partial charge in [-0.3, -0.25) is 24.1 Å². The molecule has 1 fully saturated rings. The molecule has 0 radical (unpaired) electrons. The van der Waals surface area contributed by atoms with E-state index in [1.165, 1.54) is 13.8 Å². The first-order valence-corrected chi connectivity index (χ1v) is 13.1. The zero-order valence-corrected chi connectivity index (χ0v) is 22.6. The van der Waals surface area contributed by atoms with Gasteiger partial charge >= 0.3 is 0 Å². The topological polar surface area (TPSA) is 98.8 Å². The third kappa shape index (κ3) is 6.34. The van der Waals surface area contributed by atoms with Crippen molar-refractivity contribution in [2.45, 2.75) is 45.7 Å². The smallest absolute Gasteiger partial charge is 0.259 e. The van der Waals surface area contributed by atoms with Crippen molar-refractivity contribution in [2.75, 3.05) is 23.3 Å². The molecule has 39 heavy (non-hydrogen) atoms. The Kier molecular flexibility index (Phi) is 8.44. The summed E-state index contributed by atoms with van der Waals surface area (Å²) in [6, 6.07) is 23.8. The maximum absolute atomic E-state index is 14.3. The van der Waals surface area contributed by atoms with E-state index in [4.69, 9.17) is 0 Å². The lowest BCUT2D eigenvalue weighted by Gasteiger charge is -2.47. The first-order chi connectivity index (χ1) is 18.7.